The van der Waals surface area contributed by atoms with Crippen molar-refractivity contribution in [1.29, 1.82) is 5.26 Å². The van der Waals surface area contributed by atoms with E-state index in [0.29, 0.717) is 5.76 Å². The van der Waals surface area contributed by atoms with Crippen molar-refractivity contribution >= 4 is 5.88 Å². The van der Waals surface area contributed by atoms with Gasteiger partial charge in [0.15, 0.2) is 11.9 Å². The van der Waals surface area contributed by atoms with Crippen LogP contribution >= 0.6 is 0 Å². The fourth-order valence-electron chi connectivity index (χ4n) is 1.68. The van der Waals surface area contributed by atoms with Crippen LogP contribution in [0.3, 0.4) is 0 Å². The van der Waals surface area contributed by atoms with Crippen LogP contribution in [0, 0.1) is 11.3 Å². The predicted molar refractivity (Wildman–Crippen MR) is 52.7 cm³/mol. The van der Waals surface area contributed by atoms with Gasteiger partial charge in [-0.3, -0.25) is 0 Å². The van der Waals surface area contributed by atoms with Crippen LogP contribution in [0.2, 0.25) is 0 Å². The molecule has 1 atom stereocenters. The Balaban J connectivity index is 2.13. The van der Waals surface area contributed by atoms with Gasteiger partial charge in [-0.15, -0.1) is 0 Å². The summed E-state index contributed by atoms with van der Waals surface area (Å²) in [5.41, 5.74) is 5.53. The van der Waals surface area contributed by atoms with Gasteiger partial charge in [0.05, 0.1) is 6.07 Å². The Labute approximate surface area is 82.9 Å². The molecule has 2 heterocycles. The zero-order chi connectivity index (χ0) is 9.97. The van der Waals surface area contributed by atoms with E-state index < -0.39 is 6.04 Å². The number of nitrogens with two attached hydrogens (primary N) is 1. The molecule has 0 unspecified atom stereocenters. The molecule has 1 aliphatic heterocycles. The fourth-order valence-corrected chi connectivity index (χ4v) is 1.68. The summed E-state index contributed by atoms with van der Waals surface area (Å²) in [7, 11) is 0. The maximum Gasteiger partial charge on any atom is 0.195 e. The van der Waals surface area contributed by atoms with E-state index >= 15 is 0 Å². The monoisotopic (exact) mass is 191 g/mol. The summed E-state index contributed by atoms with van der Waals surface area (Å²) in [6.45, 7) is 2.07. The molecular formula is C10H13N3O. The summed E-state index contributed by atoms with van der Waals surface area (Å²) in [6, 6.07) is 4.97. The molecule has 0 saturated carbocycles. The number of furan rings is 1. The van der Waals surface area contributed by atoms with Gasteiger partial charge in [-0.05, 0) is 18.9 Å². The highest BCUT2D eigenvalue weighted by Gasteiger charge is 2.17. The number of rotatable bonds is 2. The highest BCUT2D eigenvalue weighted by atomic mass is 16.4. The molecule has 1 saturated heterocycles. The number of hydrogen-bond donors (Lipinski definition) is 1. The third-order valence-electron chi connectivity index (χ3n) is 2.48. The zero-order valence-corrected chi connectivity index (χ0v) is 7.94. The summed E-state index contributed by atoms with van der Waals surface area (Å²) in [4.78, 5) is 2.17. The van der Waals surface area contributed by atoms with E-state index in [2.05, 4.69) is 4.90 Å². The summed E-state index contributed by atoms with van der Waals surface area (Å²) in [5.74, 6) is 1.39. The van der Waals surface area contributed by atoms with Crippen molar-refractivity contribution in [2.75, 3.05) is 18.0 Å². The van der Waals surface area contributed by atoms with Crippen molar-refractivity contribution in [3.8, 4) is 6.07 Å². The van der Waals surface area contributed by atoms with Crippen molar-refractivity contribution in [3.63, 3.8) is 0 Å². The van der Waals surface area contributed by atoms with Crippen molar-refractivity contribution < 1.29 is 4.42 Å². The first-order chi connectivity index (χ1) is 6.81. The number of anilines is 1. The Morgan fingerprint density at radius 3 is 2.79 bits per heavy atom. The van der Waals surface area contributed by atoms with Gasteiger partial charge in [0.1, 0.15) is 5.76 Å². The molecular weight excluding hydrogens is 178 g/mol. The summed E-state index contributed by atoms with van der Waals surface area (Å²) < 4.78 is 5.50. The van der Waals surface area contributed by atoms with Crippen LogP contribution < -0.4 is 10.6 Å². The molecule has 0 radical (unpaired) electrons. The van der Waals surface area contributed by atoms with Crippen molar-refractivity contribution in [3.05, 3.63) is 17.9 Å². The molecule has 1 fully saturated rings. The van der Waals surface area contributed by atoms with E-state index in [4.69, 9.17) is 15.4 Å². The minimum absolute atomic E-state index is 0.550. The molecule has 4 heteroatoms. The molecule has 0 aliphatic carbocycles. The smallest absolute Gasteiger partial charge is 0.195 e. The topological polar surface area (TPSA) is 66.2 Å². The van der Waals surface area contributed by atoms with E-state index in [1.165, 1.54) is 12.8 Å². The number of nitrogens with zero attached hydrogens (tertiary/aromatic N) is 2. The van der Waals surface area contributed by atoms with Crippen LogP contribution in [0.25, 0.3) is 0 Å². The van der Waals surface area contributed by atoms with Gasteiger partial charge in [0, 0.05) is 19.2 Å². The fraction of sp³-hybridized carbons (Fsp3) is 0.500. The van der Waals surface area contributed by atoms with Crippen molar-refractivity contribution in [2.45, 2.75) is 18.9 Å². The Bertz CT molecular complexity index is 346. The van der Waals surface area contributed by atoms with E-state index in [1.807, 2.05) is 12.1 Å². The maximum atomic E-state index is 8.61. The van der Waals surface area contributed by atoms with Crippen molar-refractivity contribution in [1.82, 2.24) is 0 Å². The van der Waals surface area contributed by atoms with Gasteiger partial charge in [-0.1, -0.05) is 0 Å². The highest BCUT2D eigenvalue weighted by molar-refractivity contribution is 5.38. The second-order valence-electron chi connectivity index (χ2n) is 3.48. The van der Waals surface area contributed by atoms with Gasteiger partial charge < -0.3 is 15.1 Å². The first-order valence-corrected chi connectivity index (χ1v) is 4.81. The first kappa shape index (κ1) is 9.10. The molecule has 14 heavy (non-hydrogen) atoms. The standard InChI is InChI=1S/C10H13N3O/c11-7-8(12)9-3-4-10(14-9)13-5-1-2-6-13/h3-4,8H,1-2,5-6,12H2/t8-/m0/s1. The van der Waals surface area contributed by atoms with Crippen LogP contribution in [-0.2, 0) is 0 Å². The first-order valence-electron chi connectivity index (χ1n) is 4.81. The highest BCUT2D eigenvalue weighted by Crippen LogP contribution is 2.24. The van der Waals surface area contributed by atoms with E-state index in [-0.39, 0.29) is 0 Å². The van der Waals surface area contributed by atoms with Gasteiger partial charge in [-0.2, -0.15) is 5.26 Å². The van der Waals surface area contributed by atoms with Gasteiger partial charge in [0.25, 0.3) is 0 Å². The quantitative estimate of drug-likeness (QED) is 0.767. The minimum atomic E-state index is -0.647. The van der Waals surface area contributed by atoms with Crippen LogP contribution in [-0.4, -0.2) is 13.1 Å². The zero-order valence-electron chi connectivity index (χ0n) is 7.94. The summed E-state index contributed by atoms with van der Waals surface area (Å²) in [5, 5.41) is 8.61. The van der Waals surface area contributed by atoms with Crippen LogP contribution in [0.15, 0.2) is 16.5 Å². The van der Waals surface area contributed by atoms with Gasteiger partial charge in [0.2, 0.25) is 0 Å². The molecule has 0 bridgehead atoms. The lowest BCUT2D eigenvalue weighted by Gasteiger charge is -2.12. The summed E-state index contributed by atoms with van der Waals surface area (Å²) in [6.07, 6.45) is 2.42. The third-order valence-corrected chi connectivity index (χ3v) is 2.48. The normalized spacial score (nSPS) is 18.1. The largest absolute Gasteiger partial charge is 0.443 e. The molecule has 4 nitrogen and oxygen atoms in total. The van der Waals surface area contributed by atoms with Gasteiger partial charge in [-0.25, -0.2) is 0 Å². The SMILES string of the molecule is N#C[C@H](N)c1ccc(N2CCCC2)o1. The Hall–Kier alpha value is -1.47. The van der Waals surface area contributed by atoms with E-state index in [0.717, 1.165) is 19.0 Å². The molecule has 0 aromatic carbocycles. The molecule has 0 spiro atoms. The number of nitriles is 1. The lowest BCUT2D eigenvalue weighted by Crippen LogP contribution is -2.16. The van der Waals surface area contributed by atoms with E-state index in [1.54, 1.807) is 6.07 Å². The molecule has 1 aromatic rings. The molecule has 2 N–H and O–H groups in total. The average molecular weight is 191 g/mol. The Morgan fingerprint density at radius 1 is 1.43 bits per heavy atom. The maximum absolute atomic E-state index is 8.61. The molecule has 0 amide bonds. The molecule has 1 aromatic heterocycles. The minimum Gasteiger partial charge on any atom is -0.443 e. The van der Waals surface area contributed by atoms with Crippen molar-refractivity contribution in [2.24, 2.45) is 5.73 Å². The molecule has 74 valence electrons. The van der Waals surface area contributed by atoms with Crippen LogP contribution in [0.4, 0.5) is 5.88 Å². The second-order valence-corrected chi connectivity index (χ2v) is 3.48. The molecule has 2 rings (SSSR count). The van der Waals surface area contributed by atoms with Gasteiger partial charge >= 0.3 is 0 Å². The van der Waals surface area contributed by atoms with Crippen LogP contribution in [0.1, 0.15) is 24.6 Å². The Kier molecular flexibility index (Phi) is 2.42. The third kappa shape index (κ3) is 1.59. The molecule has 1 aliphatic rings. The lowest BCUT2D eigenvalue weighted by molar-refractivity contribution is 0.493. The average Bonchev–Trinajstić information content (AvgIpc) is 2.86. The predicted octanol–water partition coefficient (Wildman–Crippen LogP) is 1.40. The number of hydrogen-bond acceptors (Lipinski definition) is 4. The second kappa shape index (κ2) is 3.72. The Morgan fingerprint density at radius 2 is 2.14 bits per heavy atom. The van der Waals surface area contributed by atoms with E-state index in [9.17, 15) is 0 Å². The van der Waals surface area contributed by atoms with Crippen LogP contribution in [0.5, 0.6) is 0 Å². The lowest BCUT2D eigenvalue weighted by atomic mass is 10.3. The summed E-state index contributed by atoms with van der Waals surface area (Å²) >= 11 is 0.